The highest BCUT2D eigenvalue weighted by molar-refractivity contribution is 6.10. The molecule has 1 heterocycles. The largest absolute Gasteiger partial charge is 0.460 e. The van der Waals surface area contributed by atoms with Gasteiger partial charge in [-0.3, -0.25) is 14.2 Å². The summed E-state index contributed by atoms with van der Waals surface area (Å²) in [7, 11) is 0. The number of benzene rings is 3. The number of carbonyl (C=O) groups excluding carboxylic acids is 3. The molecule has 4 rings (SSSR count). The molecule has 4 N–H and O–H groups in total. The summed E-state index contributed by atoms with van der Waals surface area (Å²) in [5, 5.41) is 5.35. The first-order valence-corrected chi connectivity index (χ1v) is 11.2. The second-order valence-corrected chi connectivity index (χ2v) is 7.88. The molecule has 0 saturated carbocycles. The van der Waals surface area contributed by atoms with Gasteiger partial charge in [-0.1, -0.05) is 18.2 Å². The van der Waals surface area contributed by atoms with E-state index in [1.165, 1.54) is 53.2 Å². The van der Waals surface area contributed by atoms with Gasteiger partial charge in [0.15, 0.2) is 0 Å². The minimum atomic E-state index is -2.98. The van der Waals surface area contributed by atoms with Gasteiger partial charge in [-0.05, 0) is 48.5 Å². The summed E-state index contributed by atoms with van der Waals surface area (Å²) in [6.45, 7) is -3.47. The third-order valence-corrected chi connectivity index (χ3v) is 5.37. The van der Waals surface area contributed by atoms with E-state index in [0.717, 1.165) is 0 Å². The molecule has 3 aromatic carbocycles. The van der Waals surface area contributed by atoms with Crippen LogP contribution in [-0.4, -0.2) is 35.6 Å². The van der Waals surface area contributed by atoms with Gasteiger partial charge >= 0.3 is 18.6 Å². The van der Waals surface area contributed by atoms with Crippen LogP contribution in [0.2, 0.25) is 0 Å². The van der Waals surface area contributed by atoms with E-state index in [1.807, 2.05) is 0 Å². The van der Waals surface area contributed by atoms with Crippen LogP contribution >= 0.6 is 0 Å². The van der Waals surface area contributed by atoms with Crippen molar-refractivity contribution in [3.63, 3.8) is 0 Å². The maximum atomic E-state index is 14.1. The Morgan fingerprint density at radius 1 is 0.974 bits per heavy atom. The molecule has 1 aromatic heterocycles. The lowest BCUT2D eigenvalue weighted by molar-refractivity contribution is -0.143. The monoisotopic (exact) mass is 526 g/mol. The normalized spacial score (nSPS) is 10.9. The summed E-state index contributed by atoms with van der Waals surface area (Å²) in [4.78, 5) is 37.6. The van der Waals surface area contributed by atoms with Crippen molar-refractivity contribution in [2.75, 3.05) is 17.2 Å². The second kappa shape index (κ2) is 11.5. The van der Waals surface area contributed by atoms with Crippen molar-refractivity contribution in [2.45, 2.75) is 13.2 Å². The van der Waals surface area contributed by atoms with Crippen LogP contribution in [0.5, 0.6) is 5.75 Å². The quantitative estimate of drug-likeness (QED) is 0.286. The number of nitrogens with one attached hydrogen (secondary N) is 2. The molecule has 0 aliphatic carbocycles. The van der Waals surface area contributed by atoms with Gasteiger partial charge in [0.25, 0.3) is 5.91 Å². The van der Waals surface area contributed by atoms with Crippen molar-refractivity contribution in [2.24, 2.45) is 5.73 Å². The second-order valence-electron chi connectivity index (χ2n) is 7.88. The summed E-state index contributed by atoms with van der Waals surface area (Å²) in [5.41, 5.74) is 6.64. The van der Waals surface area contributed by atoms with Gasteiger partial charge in [0.1, 0.15) is 18.2 Å². The van der Waals surface area contributed by atoms with E-state index in [0.29, 0.717) is 11.1 Å². The lowest BCUT2D eigenvalue weighted by Gasteiger charge is -2.10. The third-order valence-electron chi connectivity index (χ3n) is 5.37. The number of nitrogens with zero attached hydrogens (tertiary/aromatic N) is 1. The number of rotatable bonds is 8. The molecule has 0 atom stereocenters. The number of hydrogen-bond acceptors (Lipinski definition) is 6. The molecule has 0 radical (unpaired) electrons. The highest BCUT2D eigenvalue weighted by atomic mass is 19.3. The van der Waals surface area contributed by atoms with Gasteiger partial charge in [-0.15, -0.1) is 0 Å². The van der Waals surface area contributed by atoms with Crippen molar-refractivity contribution in [3.8, 4) is 5.75 Å². The zero-order chi connectivity index (χ0) is 27.2. The van der Waals surface area contributed by atoms with Gasteiger partial charge in [0.05, 0.1) is 17.7 Å². The maximum absolute atomic E-state index is 14.1. The molecule has 12 heteroatoms. The first kappa shape index (κ1) is 26.2. The number of alkyl halides is 2. The molecule has 0 aliphatic heterocycles. The molecule has 0 saturated heterocycles. The Hall–Kier alpha value is -4.84. The first-order chi connectivity index (χ1) is 18.2. The lowest BCUT2D eigenvalue weighted by Crippen LogP contribution is -2.19. The molecule has 0 spiro atoms. The molecule has 2 amide bonds. The fourth-order valence-corrected chi connectivity index (χ4v) is 3.68. The Kier molecular flexibility index (Phi) is 7.92. The number of fused-ring (bicyclic) bond motifs is 1. The number of carbonyl (C=O) groups is 3. The minimum absolute atomic E-state index is 0.0823. The average Bonchev–Trinajstić information content (AvgIpc) is 3.24. The Labute approximate surface area is 213 Å². The summed E-state index contributed by atoms with van der Waals surface area (Å²) < 4.78 is 49.3. The van der Waals surface area contributed by atoms with Gasteiger partial charge in [0.2, 0.25) is 0 Å². The van der Waals surface area contributed by atoms with Crippen LogP contribution in [-0.2, 0) is 16.1 Å². The van der Waals surface area contributed by atoms with E-state index < -0.39 is 30.3 Å². The topological polar surface area (TPSA) is 125 Å². The van der Waals surface area contributed by atoms with Crippen LogP contribution < -0.4 is 21.1 Å². The van der Waals surface area contributed by atoms with Crippen molar-refractivity contribution in [1.29, 1.82) is 0 Å². The van der Waals surface area contributed by atoms with Gasteiger partial charge < -0.3 is 25.8 Å². The van der Waals surface area contributed by atoms with Crippen molar-refractivity contribution < 1.29 is 37.0 Å². The van der Waals surface area contributed by atoms with Gasteiger partial charge in [-0.2, -0.15) is 8.78 Å². The van der Waals surface area contributed by atoms with Gasteiger partial charge in [0, 0.05) is 28.4 Å². The molecule has 0 fully saturated rings. The van der Waals surface area contributed by atoms with E-state index in [4.69, 9.17) is 10.5 Å². The number of urea groups is 1. The van der Waals surface area contributed by atoms with Crippen LogP contribution in [0.25, 0.3) is 10.9 Å². The number of amides is 2. The molecule has 4 aromatic rings. The number of hydrogen-bond donors (Lipinski definition) is 3. The van der Waals surface area contributed by atoms with Crippen molar-refractivity contribution in [1.82, 2.24) is 4.57 Å². The number of halogens is 3. The molecule has 9 nitrogen and oxygen atoms in total. The fraction of sp³-hybridized carbons (Fsp3) is 0.115. The number of nitrogens with two attached hydrogens (primary N) is 1. The summed E-state index contributed by atoms with van der Waals surface area (Å²) in [6, 6.07) is 14.7. The third kappa shape index (κ3) is 6.10. The predicted octanol–water partition coefficient (Wildman–Crippen LogP) is 4.72. The van der Waals surface area contributed by atoms with Crippen LogP contribution in [0.15, 0.2) is 72.9 Å². The summed E-state index contributed by atoms with van der Waals surface area (Å²) >= 11 is 0. The Bertz CT molecular complexity index is 1490. The first-order valence-electron chi connectivity index (χ1n) is 11.2. The van der Waals surface area contributed by atoms with Gasteiger partial charge in [-0.25, -0.2) is 9.18 Å². The van der Waals surface area contributed by atoms with E-state index in [2.05, 4.69) is 15.4 Å². The maximum Gasteiger partial charge on any atom is 0.387 e. The Morgan fingerprint density at radius 3 is 2.42 bits per heavy atom. The average molecular weight is 526 g/mol. The zero-order valence-corrected chi connectivity index (χ0v) is 19.6. The molecular weight excluding hydrogens is 505 g/mol. The van der Waals surface area contributed by atoms with E-state index in [-0.39, 0.29) is 41.2 Å². The zero-order valence-electron chi connectivity index (χ0n) is 19.6. The standard InChI is InChI=1S/C26H21F3N4O5/c27-16-5-10-22-20(11-16)21(32-26(36)31-17-6-8-18(9-7-17)38-25(28)29)13-33(22)24(35)19-4-2-1-3-15(19)14-37-23(34)12-30/h1-11,13,25H,12,14,30H2,(H2,31,32,36). The molecule has 196 valence electrons. The Morgan fingerprint density at radius 2 is 1.71 bits per heavy atom. The number of aromatic nitrogens is 1. The van der Waals surface area contributed by atoms with Crippen LogP contribution in [0, 0.1) is 5.82 Å². The van der Waals surface area contributed by atoms with E-state index in [9.17, 15) is 27.6 Å². The van der Waals surface area contributed by atoms with Crippen LogP contribution in [0.3, 0.4) is 0 Å². The van der Waals surface area contributed by atoms with E-state index in [1.54, 1.807) is 24.3 Å². The van der Waals surface area contributed by atoms with Crippen LogP contribution in [0.4, 0.5) is 29.3 Å². The summed E-state index contributed by atoms with van der Waals surface area (Å²) in [5.74, 6) is -1.82. The van der Waals surface area contributed by atoms with E-state index >= 15 is 0 Å². The van der Waals surface area contributed by atoms with Crippen molar-refractivity contribution >= 4 is 40.2 Å². The number of esters is 1. The fourth-order valence-electron chi connectivity index (χ4n) is 3.68. The molecule has 0 unspecified atom stereocenters. The molecule has 0 aliphatic rings. The highest BCUT2D eigenvalue weighted by Crippen LogP contribution is 2.29. The lowest BCUT2D eigenvalue weighted by atomic mass is 10.1. The summed E-state index contributed by atoms with van der Waals surface area (Å²) in [6.07, 6.45) is 1.34. The number of ether oxygens (including phenoxy) is 2. The van der Waals surface area contributed by atoms with Crippen LogP contribution in [0.1, 0.15) is 15.9 Å². The minimum Gasteiger partial charge on any atom is -0.460 e. The number of anilines is 2. The predicted molar refractivity (Wildman–Crippen MR) is 133 cm³/mol. The SMILES string of the molecule is NCC(=O)OCc1ccccc1C(=O)n1cc(NC(=O)Nc2ccc(OC(F)F)cc2)c2cc(F)ccc21. The highest BCUT2D eigenvalue weighted by Gasteiger charge is 2.20. The van der Waals surface area contributed by atoms with Crippen molar-refractivity contribution in [3.05, 3.63) is 89.9 Å². The molecule has 0 bridgehead atoms. The Balaban J connectivity index is 1.59. The molecular formula is C26H21F3N4O5. The smallest absolute Gasteiger partial charge is 0.387 e. The molecule has 38 heavy (non-hydrogen) atoms.